The number of unbranched alkanes of at least 4 members (excludes halogenated alkanes) is 2. The Kier molecular flexibility index (Phi) is 6.46. The Morgan fingerprint density at radius 2 is 1.88 bits per heavy atom. The number of thiazole rings is 1. The van der Waals surface area contributed by atoms with E-state index in [0.29, 0.717) is 22.8 Å². The van der Waals surface area contributed by atoms with Crippen molar-refractivity contribution in [2.45, 2.75) is 39.2 Å². The van der Waals surface area contributed by atoms with Gasteiger partial charge in [-0.3, -0.25) is 14.6 Å². The summed E-state index contributed by atoms with van der Waals surface area (Å²) < 4.78 is 0. The summed E-state index contributed by atoms with van der Waals surface area (Å²) in [6.07, 6.45) is 4.38. The molecular weight excluding hydrogens is 422 g/mol. The van der Waals surface area contributed by atoms with Crippen LogP contribution in [0, 0.1) is 6.92 Å². The van der Waals surface area contributed by atoms with Crippen LogP contribution in [0.5, 0.6) is 0 Å². The minimum Gasteiger partial charge on any atom is -0.503 e. The highest BCUT2D eigenvalue weighted by molar-refractivity contribution is 7.17. The number of hydrogen-bond acceptors (Lipinski definition) is 6. The Balaban J connectivity index is 1.74. The van der Waals surface area contributed by atoms with E-state index in [1.165, 1.54) is 11.3 Å². The fourth-order valence-corrected chi connectivity index (χ4v) is 4.95. The number of aliphatic hydroxyl groups excluding tert-OH is 1. The molecule has 164 valence electrons. The van der Waals surface area contributed by atoms with Gasteiger partial charge < -0.3 is 10.0 Å². The lowest BCUT2D eigenvalue weighted by molar-refractivity contribution is -0.129. The third-order valence-electron chi connectivity index (χ3n) is 5.54. The molecule has 4 rings (SSSR count). The maximum atomic E-state index is 13.7. The van der Waals surface area contributed by atoms with Crippen molar-refractivity contribution in [2.24, 2.45) is 0 Å². The molecule has 1 aromatic carbocycles. The molecule has 0 saturated carbocycles. The van der Waals surface area contributed by atoms with Crippen LogP contribution in [0.25, 0.3) is 10.6 Å². The van der Waals surface area contributed by atoms with E-state index in [2.05, 4.69) is 16.9 Å². The fourth-order valence-electron chi connectivity index (χ4n) is 3.93. The molecule has 2 aromatic heterocycles. The molecular formula is C25H25N3O3S. The number of benzene rings is 1. The van der Waals surface area contributed by atoms with Crippen molar-refractivity contribution in [3.63, 3.8) is 0 Å². The van der Waals surface area contributed by atoms with Gasteiger partial charge in [-0.05, 0) is 25.5 Å². The van der Waals surface area contributed by atoms with Gasteiger partial charge in [0.2, 0.25) is 5.78 Å². The molecule has 0 bridgehead atoms. The van der Waals surface area contributed by atoms with Gasteiger partial charge in [-0.25, -0.2) is 4.98 Å². The van der Waals surface area contributed by atoms with Crippen LogP contribution in [0.2, 0.25) is 0 Å². The number of rotatable bonds is 8. The highest BCUT2D eigenvalue weighted by atomic mass is 32.1. The highest BCUT2D eigenvalue weighted by Crippen LogP contribution is 2.40. The zero-order chi connectivity index (χ0) is 22.7. The predicted molar refractivity (Wildman–Crippen MR) is 124 cm³/mol. The summed E-state index contributed by atoms with van der Waals surface area (Å²) in [5.41, 5.74) is 2.14. The number of nitrogens with zero attached hydrogens (tertiary/aromatic N) is 3. The standard InChI is InChI=1S/C25H25N3O3S/c1-3-4-10-15-28-20(18-13-8-9-14-26-18)19(22(30)25(28)31)21(29)23-16(2)27-24(32-23)17-11-6-5-7-12-17/h5-9,11-14,20,30H,3-4,10,15H2,1-2H3. The lowest BCUT2D eigenvalue weighted by Gasteiger charge is -2.25. The number of aromatic nitrogens is 2. The molecule has 1 atom stereocenters. The molecule has 0 aliphatic carbocycles. The molecule has 6 nitrogen and oxygen atoms in total. The van der Waals surface area contributed by atoms with Gasteiger partial charge >= 0.3 is 0 Å². The first-order chi connectivity index (χ1) is 15.5. The minimum absolute atomic E-state index is 0.0801. The average Bonchev–Trinajstić information content (AvgIpc) is 3.33. The zero-order valence-electron chi connectivity index (χ0n) is 18.1. The fraction of sp³-hybridized carbons (Fsp3) is 0.280. The number of ketones is 1. The summed E-state index contributed by atoms with van der Waals surface area (Å²) in [4.78, 5) is 37.6. The van der Waals surface area contributed by atoms with Gasteiger partial charge in [-0.1, -0.05) is 56.2 Å². The monoisotopic (exact) mass is 447 g/mol. The molecule has 1 unspecified atom stereocenters. The summed E-state index contributed by atoms with van der Waals surface area (Å²) in [5, 5.41) is 11.5. The molecule has 32 heavy (non-hydrogen) atoms. The lowest BCUT2D eigenvalue weighted by atomic mass is 9.98. The molecule has 0 spiro atoms. The van der Waals surface area contributed by atoms with Gasteiger partial charge in [0, 0.05) is 18.3 Å². The molecule has 7 heteroatoms. The number of aryl methyl sites for hydroxylation is 1. The van der Waals surface area contributed by atoms with Gasteiger partial charge in [0.25, 0.3) is 5.91 Å². The van der Waals surface area contributed by atoms with Crippen LogP contribution in [-0.4, -0.2) is 38.2 Å². The number of amides is 1. The molecule has 1 N–H and O–H groups in total. The van der Waals surface area contributed by atoms with E-state index in [-0.39, 0.29) is 11.4 Å². The topological polar surface area (TPSA) is 83.4 Å². The van der Waals surface area contributed by atoms with Gasteiger partial charge in [-0.2, -0.15) is 0 Å². The summed E-state index contributed by atoms with van der Waals surface area (Å²) in [6, 6.07) is 14.3. The molecule has 1 aliphatic heterocycles. The van der Waals surface area contributed by atoms with Gasteiger partial charge in [0.15, 0.2) is 5.76 Å². The zero-order valence-corrected chi connectivity index (χ0v) is 18.9. The maximum Gasteiger partial charge on any atom is 0.290 e. The van der Waals surface area contributed by atoms with E-state index < -0.39 is 17.7 Å². The average molecular weight is 448 g/mol. The first-order valence-electron chi connectivity index (χ1n) is 10.8. The highest BCUT2D eigenvalue weighted by Gasteiger charge is 2.44. The molecule has 0 radical (unpaired) electrons. The van der Waals surface area contributed by atoms with E-state index in [0.717, 1.165) is 29.8 Å². The van der Waals surface area contributed by atoms with Gasteiger partial charge in [-0.15, -0.1) is 11.3 Å². The van der Waals surface area contributed by atoms with Crippen molar-refractivity contribution >= 4 is 23.0 Å². The van der Waals surface area contributed by atoms with Crippen molar-refractivity contribution in [2.75, 3.05) is 6.54 Å². The number of carbonyl (C=O) groups excluding carboxylic acids is 2. The third kappa shape index (κ3) is 4.08. The number of Topliss-reactive ketones (excluding diaryl/α,β-unsaturated/α-hetero) is 1. The normalized spacial score (nSPS) is 16.1. The molecule has 1 amide bonds. The van der Waals surface area contributed by atoms with Crippen LogP contribution >= 0.6 is 11.3 Å². The third-order valence-corrected chi connectivity index (χ3v) is 6.75. The van der Waals surface area contributed by atoms with E-state index in [9.17, 15) is 14.7 Å². The summed E-state index contributed by atoms with van der Waals surface area (Å²) in [7, 11) is 0. The van der Waals surface area contributed by atoms with Gasteiger partial charge in [0.05, 0.1) is 21.8 Å². The van der Waals surface area contributed by atoms with Crippen molar-refractivity contribution in [1.82, 2.24) is 14.9 Å². The van der Waals surface area contributed by atoms with Crippen molar-refractivity contribution in [3.05, 3.63) is 82.3 Å². The van der Waals surface area contributed by atoms with E-state index in [1.807, 2.05) is 36.4 Å². The van der Waals surface area contributed by atoms with Crippen molar-refractivity contribution < 1.29 is 14.7 Å². The van der Waals surface area contributed by atoms with Crippen LogP contribution < -0.4 is 0 Å². The first-order valence-corrected chi connectivity index (χ1v) is 11.6. The minimum atomic E-state index is -0.713. The van der Waals surface area contributed by atoms with Crippen LogP contribution in [-0.2, 0) is 4.79 Å². The number of aliphatic hydroxyl groups is 1. The molecule has 0 fully saturated rings. The van der Waals surface area contributed by atoms with Crippen LogP contribution in [0.4, 0.5) is 0 Å². The van der Waals surface area contributed by atoms with Crippen LogP contribution in [0.3, 0.4) is 0 Å². The smallest absolute Gasteiger partial charge is 0.290 e. The molecule has 3 heterocycles. The largest absolute Gasteiger partial charge is 0.503 e. The van der Waals surface area contributed by atoms with Crippen molar-refractivity contribution in [1.29, 1.82) is 0 Å². The second kappa shape index (κ2) is 9.44. The Hall–Kier alpha value is -3.32. The van der Waals surface area contributed by atoms with Crippen molar-refractivity contribution in [3.8, 4) is 10.6 Å². The lowest BCUT2D eigenvalue weighted by Crippen LogP contribution is -2.32. The molecule has 1 aliphatic rings. The maximum absolute atomic E-state index is 13.7. The summed E-state index contributed by atoms with van der Waals surface area (Å²) >= 11 is 1.27. The second-order valence-corrected chi connectivity index (χ2v) is 8.75. The SMILES string of the molecule is CCCCCN1C(=O)C(O)=C(C(=O)c2sc(-c3ccccc3)nc2C)C1c1ccccn1. The number of carbonyl (C=O) groups is 2. The number of pyridine rings is 1. The molecule has 0 saturated heterocycles. The van der Waals surface area contributed by atoms with Crippen LogP contribution in [0.15, 0.2) is 66.1 Å². The quantitative estimate of drug-likeness (QED) is 0.375. The Bertz CT molecular complexity index is 1160. The molecule has 3 aromatic rings. The Morgan fingerprint density at radius 1 is 1.12 bits per heavy atom. The Labute approximate surface area is 191 Å². The van der Waals surface area contributed by atoms with Gasteiger partial charge in [0.1, 0.15) is 11.0 Å². The second-order valence-electron chi connectivity index (χ2n) is 7.75. The first kappa shape index (κ1) is 21.9. The summed E-state index contributed by atoms with van der Waals surface area (Å²) in [6.45, 7) is 4.31. The van der Waals surface area contributed by atoms with Crippen LogP contribution in [0.1, 0.15) is 53.3 Å². The summed E-state index contributed by atoms with van der Waals surface area (Å²) in [5.74, 6) is -1.39. The van der Waals surface area contributed by atoms with E-state index >= 15 is 0 Å². The van der Waals surface area contributed by atoms with E-state index in [4.69, 9.17) is 0 Å². The Morgan fingerprint density at radius 3 is 2.56 bits per heavy atom. The predicted octanol–water partition coefficient (Wildman–Crippen LogP) is 5.28. The van der Waals surface area contributed by atoms with E-state index in [1.54, 1.807) is 30.2 Å². The number of hydrogen-bond donors (Lipinski definition) is 1.